The number of rotatable bonds is 0. The second-order valence-electron chi connectivity index (χ2n) is 4.18. The lowest BCUT2D eigenvalue weighted by Gasteiger charge is -2.57. The normalized spacial score (nSPS) is 51.5. The van der Waals surface area contributed by atoms with Gasteiger partial charge in [-0.1, -0.05) is 0 Å². The van der Waals surface area contributed by atoms with Crippen LogP contribution in [0, 0.1) is 5.21 Å². The van der Waals surface area contributed by atoms with E-state index in [1.165, 1.54) is 6.42 Å². The van der Waals surface area contributed by atoms with E-state index in [0.29, 0.717) is 12.1 Å². The lowest BCUT2D eigenvalue weighted by Crippen LogP contribution is -2.67. The first-order valence-corrected chi connectivity index (χ1v) is 4.36. The maximum absolute atomic E-state index is 11.8. The average Bonchev–Trinajstić information content (AvgIpc) is 1.90. The van der Waals surface area contributed by atoms with Gasteiger partial charge in [0, 0.05) is 6.42 Å². The van der Waals surface area contributed by atoms with Crippen LogP contribution in [0.3, 0.4) is 0 Å². The zero-order valence-electron chi connectivity index (χ0n) is 7.29. The monoisotopic (exact) mass is 156 g/mol. The van der Waals surface area contributed by atoms with Gasteiger partial charge >= 0.3 is 0 Å². The number of nitrogens with zero attached hydrogens (tertiary/aromatic N) is 2. The molecule has 2 bridgehead atoms. The van der Waals surface area contributed by atoms with Crippen molar-refractivity contribution in [2.75, 3.05) is 27.2 Å². The quantitative estimate of drug-likeness (QED) is 0.375. The topological polar surface area (TPSA) is 26.3 Å². The molecule has 0 spiro atoms. The largest absolute Gasteiger partial charge is 0.633 e. The molecule has 0 amide bonds. The summed E-state index contributed by atoms with van der Waals surface area (Å²) in [6.07, 6.45) is 2.37. The van der Waals surface area contributed by atoms with Crippen molar-refractivity contribution < 1.29 is 4.65 Å². The molecule has 3 unspecified atom stereocenters. The molecule has 0 N–H and O–H groups in total. The summed E-state index contributed by atoms with van der Waals surface area (Å²) in [7, 11) is 3.96. The molecule has 11 heavy (non-hydrogen) atoms. The Bertz CT molecular complexity index is 169. The molecule has 3 saturated heterocycles. The van der Waals surface area contributed by atoms with Gasteiger partial charge in [-0.15, -0.1) is 0 Å². The number of hydroxylamine groups is 3. The molecule has 0 aliphatic carbocycles. The number of hydrogen-bond donors (Lipinski definition) is 0. The highest BCUT2D eigenvalue weighted by atomic mass is 16.5. The highest BCUT2D eigenvalue weighted by Gasteiger charge is 2.41. The van der Waals surface area contributed by atoms with Crippen LogP contribution in [0.5, 0.6) is 0 Å². The van der Waals surface area contributed by atoms with Gasteiger partial charge in [0.05, 0.1) is 26.2 Å². The molecule has 0 saturated carbocycles. The SMILES string of the molecule is CN1CC2CCC1C[N+]2(C)[O-]. The number of likely N-dealkylation sites (N-methyl/N-ethyl adjacent to an activating group) is 2. The maximum Gasteiger partial charge on any atom is 0.101 e. The number of piperazine rings is 1. The van der Waals surface area contributed by atoms with E-state index >= 15 is 0 Å². The Morgan fingerprint density at radius 2 is 2.18 bits per heavy atom. The van der Waals surface area contributed by atoms with Gasteiger partial charge in [0.25, 0.3) is 0 Å². The van der Waals surface area contributed by atoms with Gasteiger partial charge in [-0.2, -0.15) is 0 Å². The molecule has 3 heterocycles. The van der Waals surface area contributed by atoms with Gasteiger partial charge in [0.1, 0.15) is 6.04 Å². The molecule has 0 aromatic carbocycles. The minimum Gasteiger partial charge on any atom is -0.633 e. The predicted octanol–water partition coefficient (Wildman–Crippen LogP) is 0.407. The van der Waals surface area contributed by atoms with E-state index in [0.717, 1.165) is 19.5 Å². The van der Waals surface area contributed by atoms with Crippen molar-refractivity contribution in [1.29, 1.82) is 0 Å². The van der Waals surface area contributed by atoms with Crippen LogP contribution in [-0.2, 0) is 0 Å². The molecule has 64 valence electrons. The summed E-state index contributed by atoms with van der Waals surface area (Å²) in [5.74, 6) is 0. The van der Waals surface area contributed by atoms with Crippen molar-refractivity contribution in [3.63, 3.8) is 0 Å². The third-order valence-electron chi connectivity index (χ3n) is 3.30. The van der Waals surface area contributed by atoms with Crippen molar-refractivity contribution >= 4 is 0 Å². The summed E-state index contributed by atoms with van der Waals surface area (Å²) in [4.78, 5) is 2.34. The van der Waals surface area contributed by atoms with E-state index in [1.54, 1.807) is 0 Å². The first-order valence-electron chi connectivity index (χ1n) is 4.36. The van der Waals surface area contributed by atoms with E-state index in [9.17, 15) is 5.21 Å². The van der Waals surface area contributed by atoms with Crippen LogP contribution in [-0.4, -0.2) is 48.8 Å². The Kier molecular flexibility index (Phi) is 1.50. The number of fused-ring (bicyclic) bond motifs is 3. The van der Waals surface area contributed by atoms with Crippen molar-refractivity contribution in [2.24, 2.45) is 0 Å². The van der Waals surface area contributed by atoms with E-state index in [4.69, 9.17) is 0 Å². The second-order valence-corrected chi connectivity index (χ2v) is 4.18. The van der Waals surface area contributed by atoms with Crippen LogP contribution in [0.25, 0.3) is 0 Å². The fourth-order valence-corrected chi connectivity index (χ4v) is 2.42. The molecule has 3 fully saturated rings. The summed E-state index contributed by atoms with van der Waals surface area (Å²) in [5.41, 5.74) is 0. The van der Waals surface area contributed by atoms with Crippen LogP contribution < -0.4 is 0 Å². The van der Waals surface area contributed by atoms with Crippen LogP contribution in [0.2, 0.25) is 0 Å². The molecule has 0 aromatic rings. The number of quaternary nitrogens is 1. The van der Waals surface area contributed by atoms with Crippen molar-refractivity contribution in [2.45, 2.75) is 24.9 Å². The van der Waals surface area contributed by atoms with Crippen molar-refractivity contribution in [1.82, 2.24) is 4.90 Å². The summed E-state index contributed by atoms with van der Waals surface area (Å²) in [5, 5.41) is 11.8. The first-order chi connectivity index (χ1) is 5.09. The molecule has 3 atom stereocenters. The molecule has 0 aromatic heterocycles. The van der Waals surface area contributed by atoms with E-state index < -0.39 is 0 Å². The minimum atomic E-state index is 0.00894. The highest BCUT2D eigenvalue weighted by molar-refractivity contribution is 4.86. The molecule has 3 aliphatic rings. The Labute approximate surface area is 67.8 Å². The van der Waals surface area contributed by atoms with Crippen LogP contribution in [0.4, 0.5) is 0 Å². The van der Waals surface area contributed by atoms with Crippen LogP contribution >= 0.6 is 0 Å². The third kappa shape index (κ3) is 1.08. The minimum absolute atomic E-state index is 0.00894. The van der Waals surface area contributed by atoms with E-state index in [-0.39, 0.29) is 4.65 Å². The smallest absolute Gasteiger partial charge is 0.101 e. The Balaban J connectivity index is 2.16. The summed E-state index contributed by atoms with van der Waals surface area (Å²) < 4.78 is 0.00894. The van der Waals surface area contributed by atoms with Gasteiger partial charge in [-0.05, 0) is 13.5 Å². The predicted molar refractivity (Wildman–Crippen MR) is 43.9 cm³/mol. The first kappa shape index (κ1) is 7.53. The Morgan fingerprint density at radius 3 is 2.45 bits per heavy atom. The third-order valence-corrected chi connectivity index (χ3v) is 3.30. The summed E-state index contributed by atoms with van der Waals surface area (Å²) in [6, 6.07) is 0.910. The maximum atomic E-state index is 11.8. The Morgan fingerprint density at radius 1 is 1.45 bits per heavy atom. The van der Waals surface area contributed by atoms with Crippen LogP contribution in [0.1, 0.15) is 12.8 Å². The summed E-state index contributed by atoms with van der Waals surface area (Å²) in [6.45, 7) is 1.81. The standard InChI is InChI=1S/C8H16N2O/c1-9-5-8-4-3-7(9)6-10(8,2)11/h7-8H,3-6H2,1-2H3. The average molecular weight is 156 g/mol. The zero-order valence-corrected chi connectivity index (χ0v) is 7.29. The zero-order chi connectivity index (χ0) is 8.06. The van der Waals surface area contributed by atoms with Crippen LogP contribution in [0.15, 0.2) is 0 Å². The Hall–Kier alpha value is -0.120. The molecule has 3 nitrogen and oxygen atoms in total. The molecule has 0 radical (unpaired) electrons. The number of piperidine rings is 2. The van der Waals surface area contributed by atoms with Gasteiger partial charge < -0.3 is 9.85 Å². The second kappa shape index (κ2) is 2.19. The molecular formula is C8H16N2O. The molecule has 3 heteroatoms. The molecular weight excluding hydrogens is 140 g/mol. The van der Waals surface area contributed by atoms with Gasteiger partial charge in [-0.3, -0.25) is 4.90 Å². The van der Waals surface area contributed by atoms with Crippen molar-refractivity contribution in [3.05, 3.63) is 5.21 Å². The van der Waals surface area contributed by atoms with Gasteiger partial charge in [-0.25, -0.2) is 0 Å². The van der Waals surface area contributed by atoms with Crippen molar-refractivity contribution in [3.8, 4) is 0 Å². The highest BCUT2D eigenvalue weighted by Crippen LogP contribution is 2.31. The summed E-state index contributed by atoms with van der Waals surface area (Å²) >= 11 is 0. The van der Waals surface area contributed by atoms with E-state index in [1.807, 2.05) is 7.05 Å². The molecule has 3 aliphatic heterocycles. The fraction of sp³-hybridized carbons (Fsp3) is 1.00. The van der Waals surface area contributed by atoms with E-state index in [2.05, 4.69) is 11.9 Å². The fourth-order valence-electron chi connectivity index (χ4n) is 2.42. The molecule has 3 rings (SSSR count). The van der Waals surface area contributed by atoms with Gasteiger partial charge in [0.2, 0.25) is 0 Å². The lowest BCUT2D eigenvalue weighted by atomic mass is 9.91. The van der Waals surface area contributed by atoms with Gasteiger partial charge in [0.15, 0.2) is 0 Å². The lowest BCUT2D eigenvalue weighted by molar-refractivity contribution is -0.900. The number of hydrogen-bond acceptors (Lipinski definition) is 2.